The van der Waals surface area contributed by atoms with Gasteiger partial charge in [-0.2, -0.15) is 9.97 Å². The smallest absolute Gasteiger partial charge is 0.319 e. The number of benzene rings is 3. The highest BCUT2D eigenvalue weighted by atomic mass is 19.3. The maximum absolute atomic E-state index is 17.3. The number of nitrogens with zero attached hydrogens (tertiary/aromatic N) is 4. The van der Waals surface area contributed by atoms with Crippen LogP contribution in [0.1, 0.15) is 45.4 Å². The Labute approximate surface area is 283 Å². The van der Waals surface area contributed by atoms with Crippen molar-refractivity contribution in [1.82, 2.24) is 20.2 Å². The van der Waals surface area contributed by atoms with E-state index in [1.807, 2.05) is 4.90 Å². The summed E-state index contributed by atoms with van der Waals surface area (Å²) in [4.78, 5) is 25.9. The van der Waals surface area contributed by atoms with E-state index in [1.54, 1.807) is 0 Å². The average molecular weight is 695 g/mol. The summed E-state index contributed by atoms with van der Waals surface area (Å²) in [6.45, 7) is 3.41. The molecule has 262 valence electrons. The summed E-state index contributed by atoms with van der Waals surface area (Å²) in [6, 6.07) is 6.27. The molecule has 4 aromatic rings. The minimum absolute atomic E-state index is 0.0444. The number of phenolic OH excluding ortho intramolecular Hbond substituents is 1. The Kier molecular flexibility index (Phi) is 6.87. The summed E-state index contributed by atoms with van der Waals surface area (Å²) < 4.78 is 82.6. The van der Waals surface area contributed by atoms with E-state index in [-0.39, 0.29) is 75.4 Å². The van der Waals surface area contributed by atoms with Gasteiger partial charge >= 0.3 is 6.01 Å². The number of amides is 1. The number of nitrogens with one attached hydrogen (secondary N) is 2. The van der Waals surface area contributed by atoms with Gasteiger partial charge in [0, 0.05) is 67.0 Å². The number of hydrogen-bond acceptors (Lipinski definition) is 8. The van der Waals surface area contributed by atoms with E-state index in [4.69, 9.17) is 9.72 Å². The molecular formula is C36H35F5N6O3. The first-order chi connectivity index (χ1) is 23.9. The SMILES string of the molecule is CC(=O)Nc1cc2c(N3C[C@H]4CC[C@@H](C3)N4)nc(OC[C@@]34CCCN3C[C@@]3(CC3(F)F)C4)nc2c(F)c1-c1cc(O)cc2ccc(F)c(F)c12. The lowest BCUT2D eigenvalue weighted by atomic mass is 9.89. The Morgan fingerprint density at radius 3 is 2.56 bits per heavy atom. The number of aromatic nitrogens is 2. The number of phenols is 1. The summed E-state index contributed by atoms with van der Waals surface area (Å²) >= 11 is 0. The van der Waals surface area contributed by atoms with Gasteiger partial charge < -0.3 is 25.4 Å². The largest absolute Gasteiger partial charge is 0.508 e. The van der Waals surface area contributed by atoms with Crippen LogP contribution in [0.5, 0.6) is 11.8 Å². The third-order valence-corrected chi connectivity index (χ3v) is 11.6. The van der Waals surface area contributed by atoms with Gasteiger partial charge in [-0.15, -0.1) is 0 Å². The maximum atomic E-state index is 17.3. The van der Waals surface area contributed by atoms with Gasteiger partial charge in [-0.1, -0.05) is 6.07 Å². The predicted octanol–water partition coefficient (Wildman–Crippen LogP) is 6.11. The van der Waals surface area contributed by atoms with Gasteiger partial charge in [0.1, 0.15) is 23.7 Å². The summed E-state index contributed by atoms with van der Waals surface area (Å²) in [5, 5.41) is 16.9. The number of anilines is 2. The molecule has 5 aliphatic rings. The van der Waals surface area contributed by atoms with Crippen molar-refractivity contribution in [1.29, 1.82) is 0 Å². The van der Waals surface area contributed by atoms with Gasteiger partial charge in [0.2, 0.25) is 5.91 Å². The monoisotopic (exact) mass is 694 g/mol. The van der Waals surface area contributed by atoms with E-state index in [1.165, 1.54) is 25.1 Å². The summed E-state index contributed by atoms with van der Waals surface area (Å²) in [6.07, 6.45) is 3.59. The summed E-state index contributed by atoms with van der Waals surface area (Å²) in [7, 11) is 0. The van der Waals surface area contributed by atoms with Crippen molar-refractivity contribution in [2.45, 2.75) is 69.0 Å². The van der Waals surface area contributed by atoms with Gasteiger partial charge in [-0.25, -0.2) is 22.0 Å². The van der Waals surface area contributed by atoms with E-state index in [9.17, 15) is 23.1 Å². The zero-order valence-corrected chi connectivity index (χ0v) is 27.3. The normalized spacial score (nSPS) is 28.2. The number of rotatable bonds is 6. The molecule has 5 fully saturated rings. The quantitative estimate of drug-likeness (QED) is 0.208. The van der Waals surface area contributed by atoms with Crippen molar-refractivity contribution in [2.24, 2.45) is 5.41 Å². The third kappa shape index (κ3) is 4.81. The number of carbonyl (C=O) groups is 1. The van der Waals surface area contributed by atoms with Crippen LogP contribution in [0.3, 0.4) is 0 Å². The first-order valence-electron chi connectivity index (χ1n) is 17.0. The molecule has 0 unspecified atom stereocenters. The topological polar surface area (TPSA) is 103 Å². The van der Waals surface area contributed by atoms with Gasteiger partial charge in [0.15, 0.2) is 17.5 Å². The average Bonchev–Trinajstić information content (AvgIpc) is 3.38. The van der Waals surface area contributed by atoms with Crippen LogP contribution >= 0.6 is 0 Å². The van der Waals surface area contributed by atoms with Crippen LogP contribution in [0.2, 0.25) is 0 Å². The number of fused-ring (bicyclic) bond motifs is 5. The molecular weight excluding hydrogens is 659 g/mol. The van der Waals surface area contributed by atoms with Crippen molar-refractivity contribution in [2.75, 3.05) is 43.0 Å². The molecule has 1 saturated carbocycles. The Hall–Kier alpha value is -4.30. The predicted molar refractivity (Wildman–Crippen MR) is 176 cm³/mol. The highest BCUT2D eigenvalue weighted by Gasteiger charge is 2.77. The molecule has 2 bridgehead atoms. The highest BCUT2D eigenvalue weighted by Crippen LogP contribution is 2.69. The van der Waals surface area contributed by atoms with Gasteiger partial charge in [0.05, 0.1) is 16.6 Å². The molecule has 5 heterocycles. The van der Waals surface area contributed by atoms with Crippen LogP contribution in [0, 0.1) is 22.9 Å². The molecule has 4 saturated heterocycles. The van der Waals surface area contributed by atoms with E-state index >= 15 is 8.78 Å². The second-order valence-corrected chi connectivity index (χ2v) is 14.9. The molecule has 9 nitrogen and oxygen atoms in total. The molecule has 3 N–H and O–H groups in total. The van der Waals surface area contributed by atoms with Crippen LogP contribution in [0.15, 0.2) is 30.3 Å². The second-order valence-electron chi connectivity index (χ2n) is 14.9. The number of alkyl halides is 2. The Morgan fingerprint density at radius 2 is 1.84 bits per heavy atom. The molecule has 1 aliphatic carbocycles. The minimum Gasteiger partial charge on any atom is -0.508 e. The molecule has 0 radical (unpaired) electrons. The van der Waals surface area contributed by atoms with Crippen molar-refractivity contribution < 1.29 is 36.6 Å². The lowest BCUT2D eigenvalue weighted by molar-refractivity contribution is -0.114. The van der Waals surface area contributed by atoms with Crippen molar-refractivity contribution in [3.05, 3.63) is 47.8 Å². The number of hydrogen-bond donors (Lipinski definition) is 3. The van der Waals surface area contributed by atoms with Crippen LogP contribution in [-0.2, 0) is 4.79 Å². The lowest BCUT2D eigenvalue weighted by Gasteiger charge is -2.35. The standard InChI is InChI=1S/C36H35F5N6O3/c1-18(48)42-26-11-24-31(30(39)28(26)23-10-22(49)9-19-3-6-25(37)29(38)27(19)23)44-33(45-32(24)46-12-20-4-5-21(13-46)43-20)50-17-35-7-2-8-47(35)16-34(14-35)15-36(34,40)41/h3,6,9-11,20-21,43,49H,2,4-5,7-8,12-17H2,1H3,(H,42,48)/t20-,21+,34-,35-/m0/s1. The van der Waals surface area contributed by atoms with E-state index < -0.39 is 40.2 Å². The van der Waals surface area contributed by atoms with Crippen LogP contribution in [0.25, 0.3) is 32.8 Å². The van der Waals surface area contributed by atoms with Gasteiger partial charge in [-0.05, 0) is 68.3 Å². The number of ether oxygens (including phenoxy) is 1. The molecule has 3 aromatic carbocycles. The molecule has 1 aromatic heterocycles. The number of piperazine rings is 1. The minimum atomic E-state index is -2.71. The number of aromatic hydroxyl groups is 1. The van der Waals surface area contributed by atoms with E-state index in [0.29, 0.717) is 44.8 Å². The maximum Gasteiger partial charge on any atom is 0.319 e. The number of carbonyl (C=O) groups excluding carboxylic acids is 1. The second kappa shape index (κ2) is 10.8. The third-order valence-electron chi connectivity index (χ3n) is 11.6. The summed E-state index contributed by atoms with van der Waals surface area (Å²) in [5.41, 5.74) is -2.39. The van der Waals surface area contributed by atoms with Crippen LogP contribution in [-0.4, -0.2) is 82.2 Å². The van der Waals surface area contributed by atoms with Crippen molar-refractivity contribution >= 4 is 39.1 Å². The molecule has 50 heavy (non-hydrogen) atoms. The van der Waals surface area contributed by atoms with Crippen molar-refractivity contribution in [3.63, 3.8) is 0 Å². The fourth-order valence-corrected chi connectivity index (χ4v) is 9.25. The van der Waals surface area contributed by atoms with E-state index in [2.05, 4.69) is 20.5 Å². The molecule has 4 atom stereocenters. The first-order valence-corrected chi connectivity index (χ1v) is 17.0. The summed E-state index contributed by atoms with van der Waals surface area (Å²) in [5.74, 6) is -6.58. The Balaban J connectivity index is 1.21. The molecule has 1 spiro atoms. The van der Waals surface area contributed by atoms with Gasteiger partial charge in [-0.3, -0.25) is 9.69 Å². The number of halogens is 5. The Bertz CT molecular complexity index is 2100. The zero-order valence-electron chi connectivity index (χ0n) is 27.3. The zero-order chi connectivity index (χ0) is 34.7. The molecule has 9 rings (SSSR count). The Morgan fingerprint density at radius 1 is 1.08 bits per heavy atom. The van der Waals surface area contributed by atoms with Crippen LogP contribution < -0.4 is 20.3 Å². The van der Waals surface area contributed by atoms with Crippen LogP contribution in [0.4, 0.5) is 33.5 Å². The molecule has 14 heteroatoms. The molecule has 4 aliphatic heterocycles. The van der Waals surface area contributed by atoms with Crippen molar-refractivity contribution in [3.8, 4) is 22.9 Å². The first kappa shape index (κ1) is 31.7. The highest BCUT2D eigenvalue weighted by molar-refractivity contribution is 6.08. The lowest BCUT2D eigenvalue weighted by Crippen LogP contribution is -2.51. The van der Waals surface area contributed by atoms with Gasteiger partial charge in [0.25, 0.3) is 5.92 Å². The fraction of sp³-hybridized carbons (Fsp3) is 0.472. The fourth-order valence-electron chi connectivity index (χ4n) is 9.25. The molecule has 1 amide bonds. The van der Waals surface area contributed by atoms with E-state index in [0.717, 1.165) is 31.4 Å².